The summed E-state index contributed by atoms with van der Waals surface area (Å²) in [5, 5.41) is 8.20. The average molecular weight is 710 g/mol. The molecule has 7 heteroatoms. The number of carbonyl (C=O) groups is 1. The van der Waals surface area contributed by atoms with Crippen molar-refractivity contribution in [2.75, 3.05) is 7.11 Å². The molecule has 1 aliphatic rings. The summed E-state index contributed by atoms with van der Waals surface area (Å²) in [5.74, 6) is 2.54. The molecule has 1 saturated carbocycles. The van der Waals surface area contributed by atoms with Crippen molar-refractivity contribution in [2.24, 2.45) is 17.8 Å². The number of methoxy groups -OCH3 is 1. The predicted octanol–water partition coefficient (Wildman–Crippen LogP) is 13.1. The number of halogens is 2. The molecule has 4 rings (SSSR count). The molecule has 1 fully saturated rings. The van der Waals surface area contributed by atoms with E-state index in [9.17, 15) is 13.6 Å². The highest BCUT2D eigenvalue weighted by Gasteiger charge is 2.31. The Kier molecular flexibility index (Phi) is 21.0. The summed E-state index contributed by atoms with van der Waals surface area (Å²) in [4.78, 5) is 14.8. The van der Waals surface area contributed by atoms with Gasteiger partial charge in [-0.15, -0.1) is 0 Å². The number of fused-ring (bicyclic) bond motifs is 1. The third-order valence-electron chi connectivity index (χ3n) is 9.47. The second-order valence-corrected chi connectivity index (χ2v) is 15.2. The molecule has 5 nitrogen and oxygen atoms in total. The molecule has 51 heavy (non-hydrogen) atoms. The molecule has 3 atom stereocenters. The van der Waals surface area contributed by atoms with Gasteiger partial charge in [0.15, 0.2) is 11.6 Å². The number of hydrogen-bond donors (Lipinski definition) is 1. The Bertz CT molecular complexity index is 1510. The van der Waals surface area contributed by atoms with Crippen LogP contribution in [0, 0.1) is 41.7 Å². The molecule has 0 aliphatic heterocycles. The number of aromatic nitrogens is 2. The minimum Gasteiger partial charge on any atom is -0.381 e. The lowest BCUT2D eigenvalue weighted by molar-refractivity contribution is -0.115. The van der Waals surface area contributed by atoms with Gasteiger partial charge in [-0.2, -0.15) is 0 Å². The van der Waals surface area contributed by atoms with Crippen LogP contribution in [0.2, 0.25) is 0 Å². The third kappa shape index (κ3) is 15.5. The summed E-state index contributed by atoms with van der Waals surface area (Å²) in [6, 6.07) is 11.0. The average Bonchev–Trinajstić information content (AvgIpc) is 3.44. The standard InChI is InChI=1S/C30H47N3O.C7H6F2.C4H10.C3H6O/c1-8-20(4)11-17-27(21(5)9-2)30-32-28-19-23(26(10-3)22(6)31)12-18-29(28)33(30)24-13-15-25(34-7)16-14-24;1-5-2-3-6(8)7(9)4-5;1-4(2)3;1-3(2)4/h10,12,18-21,24-25,27,31H,8-9,11,13-17H2,1-7H3;2-4H,1H3;4H,1-3H3;1-2H3/b26-10-,31-22?;;;/t20-,21-,24?,25?,27?;;;/m1.../s1. The van der Waals surface area contributed by atoms with E-state index in [1.807, 2.05) is 27.0 Å². The first-order valence-electron chi connectivity index (χ1n) is 19.2. The Morgan fingerprint density at radius 1 is 0.941 bits per heavy atom. The zero-order chi connectivity index (χ0) is 38.8. The molecule has 1 aliphatic carbocycles. The van der Waals surface area contributed by atoms with Gasteiger partial charge in [-0.05, 0) is 125 Å². The van der Waals surface area contributed by atoms with E-state index in [2.05, 4.69) is 71.2 Å². The summed E-state index contributed by atoms with van der Waals surface area (Å²) in [6.45, 7) is 24.6. The highest BCUT2D eigenvalue weighted by molar-refractivity contribution is 6.21. The van der Waals surface area contributed by atoms with Crippen LogP contribution < -0.4 is 0 Å². The van der Waals surface area contributed by atoms with Crippen molar-refractivity contribution in [1.29, 1.82) is 5.41 Å². The number of nitrogens with one attached hydrogen (secondary N) is 1. The smallest absolute Gasteiger partial charge is 0.159 e. The van der Waals surface area contributed by atoms with E-state index in [0.717, 1.165) is 71.9 Å². The SMILES string of the molecule is C/C=C(/C(C)=N)c1ccc2c(c1)nc(C(CC[C@H](C)CC)[C@H](C)CC)n2C1CCC(OC)CC1.CC(C)=O.CC(C)C.Cc1ccc(F)c(F)c1. The first-order valence-corrected chi connectivity index (χ1v) is 19.2. The molecule has 1 N–H and O–H groups in total. The van der Waals surface area contributed by atoms with E-state index in [4.69, 9.17) is 15.1 Å². The van der Waals surface area contributed by atoms with Gasteiger partial charge in [-0.1, -0.05) is 85.9 Å². The van der Waals surface area contributed by atoms with Crippen LogP contribution >= 0.6 is 0 Å². The molecule has 2 aromatic carbocycles. The van der Waals surface area contributed by atoms with E-state index in [1.165, 1.54) is 56.9 Å². The molecule has 3 aromatic rings. The van der Waals surface area contributed by atoms with Crippen molar-refractivity contribution in [3.05, 3.63) is 71.1 Å². The summed E-state index contributed by atoms with van der Waals surface area (Å²) in [7, 11) is 1.85. The lowest BCUT2D eigenvalue weighted by atomic mass is 9.84. The van der Waals surface area contributed by atoms with Crippen molar-refractivity contribution in [1.82, 2.24) is 9.55 Å². The first kappa shape index (κ1) is 45.8. The molecule has 0 saturated heterocycles. The minimum atomic E-state index is -0.791. The topological polar surface area (TPSA) is 68.0 Å². The monoisotopic (exact) mass is 710 g/mol. The maximum absolute atomic E-state index is 12.2. The molecule has 1 aromatic heterocycles. The lowest BCUT2D eigenvalue weighted by Gasteiger charge is -2.32. The van der Waals surface area contributed by atoms with Crippen molar-refractivity contribution in [2.45, 2.75) is 153 Å². The number of ketones is 1. The van der Waals surface area contributed by atoms with E-state index in [1.54, 1.807) is 6.92 Å². The van der Waals surface area contributed by atoms with Crippen molar-refractivity contribution >= 4 is 28.1 Å². The van der Waals surface area contributed by atoms with Gasteiger partial charge in [0.1, 0.15) is 11.6 Å². The molecular weight excluding hydrogens is 640 g/mol. The van der Waals surface area contributed by atoms with E-state index >= 15 is 0 Å². The molecule has 1 heterocycles. The highest BCUT2D eigenvalue weighted by Crippen LogP contribution is 2.40. The van der Waals surface area contributed by atoms with E-state index in [-0.39, 0.29) is 5.78 Å². The molecule has 0 bridgehead atoms. The van der Waals surface area contributed by atoms with Crippen molar-refractivity contribution in [3.63, 3.8) is 0 Å². The summed E-state index contributed by atoms with van der Waals surface area (Å²) in [6.07, 6.45) is 11.8. The fourth-order valence-corrected chi connectivity index (χ4v) is 6.29. The van der Waals surface area contributed by atoms with Gasteiger partial charge in [-0.3, -0.25) is 0 Å². The largest absolute Gasteiger partial charge is 0.381 e. The normalized spacial score (nSPS) is 17.6. The molecule has 0 spiro atoms. The van der Waals surface area contributed by atoms with Crippen molar-refractivity contribution in [3.8, 4) is 0 Å². The molecular formula is C44H69F2N3O2. The number of aryl methyl sites for hydroxylation is 1. The maximum Gasteiger partial charge on any atom is 0.159 e. The Morgan fingerprint density at radius 2 is 1.53 bits per heavy atom. The van der Waals surface area contributed by atoms with Gasteiger partial charge < -0.3 is 19.5 Å². The molecule has 286 valence electrons. The molecule has 0 radical (unpaired) electrons. The van der Waals surface area contributed by atoms with Crippen LogP contribution in [0.1, 0.15) is 156 Å². The van der Waals surface area contributed by atoms with Crippen LogP contribution in [0.25, 0.3) is 16.6 Å². The Morgan fingerprint density at radius 3 is 1.98 bits per heavy atom. The number of allylic oxidation sites excluding steroid dienone is 2. The van der Waals surface area contributed by atoms with Crippen LogP contribution in [-0.4, -0.2) is 34.3 Å². The summed E-state index contributed by atoms with van der Waals surface area (Å²) >= 11 is 0. The first-order chi connectivity index (χ1) is 24.0. The van der Waals surface area contributed by atoms with Gasteiger partial charge in [0.05, 0.1) is 17.1 Å². The number of rotatable bonds is 11. The summed E-state index contributed by atoms with van der Waals surface area (Å²) in [5.41, 5.74) is 5.77. The van der Waals surface area contributed by atoms with E-state index in [0.29, 0.717) is 29.7 Å². The predicted molar refractivity (Wildman–Crippen MR) is 214 cm³/mol. The van der Waals surface area contributed by atoms with Crippen LogP contribution in [0.15, 0.2) is 42.5 Å². The second-order valence-electron chi connectivity index (χ2n) is 15.2. The Balaban J connectivity index is 0.000000627. The van der Waals surface area contributed by atoms with Gasteiger partial charge in [-0.25, -0.2) is 13.8 Å². The van der Waals surface area contributed by atoms with Gasteiger partial charge in [0, 0.05) is 24.8 Å². The fraction of sp³-hybridized carbons (Fsp3) is 0.614. The van der Waals surface area contributed by atoms with Crippen LogP contribution in [-0.2, 0) is 9.53 Å². The third-order valence-corrected chi connectivity index (χ3v) is 9.47. The van der Waals surface area contributed by atoms with Gasteiger partial charge in [0.2, 0.25) is 0 Å². The number of carbonyl (C=O) groups excluding carboxylic acids is 1. The number of nitrogens with zero attached hydrogens (tertiary/aromatic N) is 2. The Hall–Kier alpha value is -3.19. The zero-order valence-electron chi connectivity index (χ0n) is 34.1. The summed E-state index contributed by atoms with van der Waals surface area (Å²) < 4.78 is 32.6. The van der Waals surface area contributed by atoms with Crippen LogP contribution in [0.4, 0.5) is 8.78 Å². The van der Waals surface area contributed by atoms with Gasteiger partial charge >= 0.3 is 0 Å². The number of Topliss-reactive ketones (excluding diaryl/α,β-unsaturated/α-hetero) is 1. The highest BCUT2D eigenvalue weighted by atomic mass is 19.2. The quantitative estimate of drug-likeness (QED) is 0.202. The van der Waals surface area contributed by atoms with Crippen molar-refractivity contribution < 1.29 is 18.3 Å². The maximum atomic E-state index is 12.2. The number of benzene rings is 2. The number of ether oxygens (including phenoxy) is 1. The fourth-order valence-electron chi connectivity index (χ4n) is 6.29. The second kappa shape index (κ2) is 23.4. The number of hydrogen-bond acceptors (Lipinski definition) is 4. The number of imidazole rings is 1. The van der Waals surface area contributed by atoms with Gasteiger partial charge in [0.25, 0.3) is 0 Å². The van der Waals surface area contributed by atoms with Crippen LogP contribution in [0.3, 0.4) is 0 Å². The van der Waals surface area contributed by atoms with Crippen LogP contribution in [0.5, 0.6) is 0 Å². The van der Waals surface area contributed by atoms with E-state index < -0.39 is 11.6 Å². The molecule has 1 unspecified atom stereocenters. The Labute approximate surface area is 309 Å². The minimum absolute atomic E-state index is 0.167. The zero-order valence-corrected chi connectivity index (χ0v) is 34.1. The lowest BCUT2D eigenvalue weighted by Crippen LogP contribution is -2.25. The molecule has 0 amide bonds.